The van der Waals surface area contributed by atoms with Gasteiger partial charge in [-0.25, -0.2) is 0 Å². The largest absolute Gasteiger partial charge is 0.292 e. The van der Waals surface area contributed by atoms with Gasteiger partial charge >= 0.3 is 0 Å². The van der Waals surface area contributed by atoms with E-state index >= 15 is 0 Å². The van der Waals surface area contributed by atoms with Crippen LogP contribution in [-0.2, 0) is 0 Å². The molecule has 0 spiro atoms. The number of benzene rings is 1. The SMILES string of the molecule is CCCN(CC#Cc1cccc(Cl)c1C)CCC. The van der Waals surface area contributed by atoms with Gasteiger partial charge in [-0.1, -0.05) is 43.4 Å². The third-order valence-corrected chi connectivity index (χ3v) is 3.28. The van der Waals surface area contributed by atoms with Gasteiger partial charge in [-0.05, 0) is 50.6 Å². The lowest BCUT2D eigenvalue weighted by Gasteiger charge is -2.17. The fraction of sp³-hybridized carbons (Fsp3) is 0.500. The van der Waals surface area contributed by atoms with Crippen LogP contribution in [0.4, 0.5) is 0 Å². The Morgan fingerprint density at radius 3 is 2.44 bits per heavy atom. The molecule has 0 atom stereocenters. The molecule has 1 rings (SSSR count). The minimum Gasteiger partial charge on any atom is -0.292 e. The van der Waals surface area contributed by atoms with E-state index < -0.39 is 0 Å². The van der Waals surface area contributed by atoms with Crippen LogP contribution in [0.5, 0.6) is 0 Å². The number of rotatable bonds is 5. The zero-order valence-corrected chi connectivity index (χ0v) is 12.3. The van der Waals surface area contributed by atoms with Crippen LogP contribution < -0.4 is 0 Å². The summed E-state index contributed by atoms with van der Waals surface area (Å²) in [4.78, 5) is 2.40. The van der Waals surface area contributed by atoms with E-state index in [1.54, 1.807) is 0 Å². The summed E-state index contributed by atoms with van der Waals surface area (Å²) in [5.74, 6) is 6.48. The molecule has 18 heavy (non-hydrogen) atoms. The second-order valence-corrected chi connectivity index (χ2v) is 4.90. The minimum atomic E-state index is 0.792. The third kappa shape index (κ3) is 4.72. The van der Waals surface area contributed by atoms with Crippen molar-refractivity contribution in [1.82, 2.24) is 4.90 Å². The summed E-state index contributed by atoms with van der Waals surface area (Å²) in [6, 6.07) is 5.88. The Morgan fingerprint density at radius 1 is 1.17 bits per heavy atom. The lowest BCUT2D eigenvalue weighted by Crippen LogP contribution is -2.25. The first-order valence-electron chi connectivity index (χ1n) is 6.65. The van der Waals surface area contributed by atoms with Crippen LogP contribution in [0.25, 0.3) is 0 Å². The van der Waals surface area contributed by atoms with Crippen molar-refractivity contribution in [2.45, 2.75) is 33.6 Å². The summed E-state index contributed by atoms with van der Waals surface area (Å²) in [5.41, 5.74) is 2.11. The molecule has 0 amide bonds. The van der Waals surface area contributed by atoms with Crippen molar-refractivity contribution in [1.29, 1.82) is 0 Å². The van der Waals surface area contributed by atoms with Gasteiger partial charge in [0.05, 0.1) is 6.54 Å². The molecule has 0 aromatic heterocycles. The Bertz CT molecular complexity index is 422. The highest BCUT2D eigenvalue weighted by Gasteiger charge is 2.00. The van der Waals surface area contributed by atoms with Crippen molar-refractivity contribution < 1.29 is 0 Å². The van der Waals surface area contributed by atoms with Crippen molar-refractivity contribution in [2.24, 2.45) is 0 Å². The fourth-order valence-electron chi connectivity index (χ4n) is 1.89. The van der Waals surface area contributed by atoms with Gasteiger partial charge in [0, 0.05) is 10.6 Å². The molecule has 2 heteroatoms. The molecule has 0 unspecified atom stereocenters. The molecule has 0 saturated heterocycles. The summed E-state index contributed by atoms with van der Waals surface area (Å²) in [5, 5.41) is 0.792. The summed E-state index contributed by atoms with van der Waals surface area (Å²) < 4.78 is 0. The molecule has 0 aliphatic carbocycles. The monoisotopic (exact) mass is 263 g/mol. The van der Waals surface area contributed by atoms with Crippen LogP contribution in [0.3, 0.4) is 0 Å². The Morgan fingerprint density at radius 2 is 1.83 bits per heavy atom. The highest BCUT2D eigenvalue weighted by Crippen LogP contribution is 2.17. The first kappa shape index (κ1) is 15.1. The van der Waals surface area contributed by atoms with Gasteiger partial charge < -0.3 is 0 Å². The summed E-state index contributed by atoms with van der Waals surface area (Å²) >= 11 is 6.08. The van der Waals surface area contributed by atoms with E-state index in [2.05, 4.69) is 30.6 Å². The molecule has 0 heterocycles. The van der Waals surface area contributed by atoms with Gasteiger partial charge in [-0.3, -0.25) is 4.90 Å². The van der Waals surface area contributed by atoms with E-state index in [9.17, 15) is 0 Å². The second-order valence-electron chi connectivity index (χ2n) is 4.49. The maximum Gasteiger partial charge on any atom is 0.0605 e. The fourth-order valence-corrected chi connectivity index (χ4v) is 2.07. The first-order chi connectivity index (χ1) is 8.69. The predicted molar refractivity (Wildman–Crippen MR) is 80.1 cm³/mol. The maximum absolute atomic E-state index is 6.08. The Kier molecular flexibility index (Phi) is 6.86. The standard InChI is InChI=1S/C16H22ClN/c1-4-11-18(12-5-2)13-7-9-15-8-6-10-16(17)14(15)3/h6,8,10H,4-5,11-13H2,1-3H3. The zero-order valence-electron chi connectivity index (χ0n) is 11.6. The molecule has 0 saturated carbocycles. The van der Waals surface area contributed by atoms with Crippen LogP contribution in [0, 0.1) is 18.8 Å². The normalized spacial score (nSPS) is 10.3. The van der Waals surface area contributed by atoms with Crippen LogP contribution in [0.1, 0.15) is 37.8 Å². The van der Waals surface area contributed by atoms with Gasteiger partial charge in [0.1, 0.15) is 0 Å². The molecule has 0 radical (unpaired) electrons. The molecule has 0 aliphatic rings. The first-order valence-corrected chi connectivity index (χ1v) is 7.03. The molecule has 98 valence electrons. The average Bonchev–Trinajstić information content (AvgIpc) is 2.35. The molecule has 0 bridgehead atoms. The summed E-state index contributed by atoms with van der Waals surface area (Å²) in [6.45, 7) is 9.51. The van der Waals surface area contributed by atoms with Crippen molar-refractivity contribution in [3.05, 3.63) is 34.3 Å². The predicted octanol–water partition coefficient (Wildman–Crippen LogP) is 4.12. The lowest BCUT2D eigenvalue weighted by atomic mass is 10.1. The van der Waals surface area contributed by atoms with Crippen molar-refractivity contribution >= 4 is 11.6 Å². The Balaban J connectivity index is 2.66. The van der Waals surface area contributed by atoms with Crippen molar-refractivity contribution in [2.75, 3.05) is 19.6 Å². The average molecular weight is 264 g/mol. The lowest BCUT2D eigenvalue weighted by molar-refractivity contribution is 0.308. The van der Waals surface area contributed by atoms with Gasteiger partial charge in [0.2, 0.25) is 0 Å². The molecular formula is C16H22ClN. The molecule has 1 aromatic carbocycles. The smallest absolute Gasteiger partial charge is 0.0605 e. The van der Waals surface area contributed by atoms with Crippen LogP contribution in [-0.4, -0.2) is 24.5 Å². The maximum atomic E-state index is 6.08. The van der Waals surface area contributed by atoms with E-state index in [0.717, 1.165) is 35.8 Å². The molecule has 0 fully saturated rings. The van der Waals surface area contributed by atoms with Gasteiger partial charge in [-0.2, -0.15) is 0 Å². The molecule has 0 N–H and O–H groups in total. The molecule has 1 aromatic rings. The van der Waals surface area contributed by atoms with E-state index in [-0.39, 0.29) is 0 Å². The summed E-state index contributed by atoms with van der Waals surface area (Å²) in [6.07, 6.45) is 2.36. The van der Waals surface area contributed by atoms with E-state index in [4.69, 9.17) is 11.6 Å². The number of hydrogen-bond acceptors (Lipinski definition) is 1. The number of halogens is 1. The molecule has 1 nitrogen and oxygen atoms in total. The topological polar surface area (TPSA) is 3.24 Å². The van der Waals surface area contributed by atoms with Crippen LogP contribution >= 0.6 is 11.6 Å². The van der Waals surface area contributed by atoms with E-state index in [1.807, 2.05) is 25.1 Å². The van der Waals surface area contributed by atoms with Gasteiger partial charge in [-0.15, -0.1) is 0 Å². The highest BCUT2D eigenvalue weighted by molar-refractivity contribution is 6.31. The van der Waals surface area contributed by atoms with E-state index in [0.29, 0.717) is 0 Å². The number of nitrogens with zero attached hydrogens (tertiary/aromatic N) is 1. The van der Waals surface area contributed by atoms with E-state index in [1.165, 1.54) is 12.8 Å². The Labute approximate surface area is 116 Å². The molecular weight excluding hydrogens is 242 g/mol. The van der Waals surface area contributed by atoms with Crippen molar-refractivity contribution in [3.8, 4) is 11.8 Å². The van der Waals surface area contributed by atoms with Gasteiger partial charge in [0.15, 0.2) is 0 Å². The quantitative estimate of drug-likeness (QED) is 0.723. The van der Waals surface area contributed by atoms with Crippen molar-refractivity contribution in [3.63, 3.8) is 0 Å². The van der Waals surface area contributed by atoms with Gasteiger partial charge in [0.25, 0.3) is 0 Å². The summed E-state index contributed by atoms with van der Waals surface area (Å²) in [7, 11) is 0. The minimum absolute atomic E-state index is 0.792. The van der Waals surface area contributed by atoms with Crippen LogP contribution in [0.15, 0.2) is 18.2 Å². The molecule has 0 aliphatic heterocycles. The third-order valence-electron chi connectivity index (χ3n) is 2.87. The number of hydrogen-bond donors (Lipinski definition) is 0. The second kappa shape index (κ2) is 8.19. The Hall–Kier alpha value is -0.970. The van der Waals surface area contributed by atoms with Crippen LogP contribution in [0.2, 0.25) is 5.02 Å². The zero-order chi connectivity index (χ0) is 13.4. The highest BCUT2D eigenvalue weighted by atomic mass is 35.5.